The van der Waals surface area contributed by atoms with Gasteiger partial charge in [-0.05, 0) is 53.4 Å². The van der Waals surface area contributed by atoms with Crippen molar-refractivity contribution in [3.63, 3.8) is 0 Å². The molecule has 124 valence electrons. The Labute approximate surface area is 153 Å². The fourth-order valence-electron chi connectivity index (χ4n) is 2.39. The van der Waals surface area contributed by atoms with Crippen molar-refractivity contribution in [2.75, 3.05) is 5.32 Å². The van der Waals surface area contributed by atoms with Gasteiger partial charge in [0.05, 0.1) is 5.39 Å². The number of hydrogen-bond donors (Lipinski definition) is 1. The number of rotatable bonds is 5. The topological polar surface area (TPSA) is 61.2 Å². The largest absolute Gasteiger partial charge is 0.437 e. The summed E-state index contributed by atoms with van der Waals surface area (Å²) in [5.41, 5.74) is 1.97. The third kappa shape index (κ3) is 3.55. The second-order valence-corrected chi connectivity index (χ2v) is 6.69. The Hall–Kier alpha value is -2.70. The molecule has 0 aliphatic carbocycles. The zero-order chi connectivity index (χ0) is 17.1. The van der Waals surface area contributed by atoms with Crippen molar-refractivity contribution >= 4 is 44.5 Å². The van der Waals surface area contributed by atoms with Crippen LogP contribution in [0.1, 0.15) is 5.56 Å². The van der Waals surface area contributed by atoms with Gasteiger partial charge in [-0.25, -0.2) is 0 Å². The maximum Gasteiger partial charge on any atom is 0.410 e. The van der Waals surface area contributed by atoms with Crippen molar-refractivity contribution < 1.29 is 9.84 Å². The summed E-state index contributed by atoms with van der Waals surface area (Å²) in [6, 6.07) is 13.4. The lowest BCUT2D eigenvalue weighted by Gasteiger charge is -2.06. The molecule has 0 aliphatic rings. The van der Waals surface area contributed by atoms with Crippen molar-refractivity contribution in [2.45, 2.75) is 6.61 Å². The Morgan fingerprint density at radius 3 is 2.68 bits per heavy atom. The average molecular weight is 370 g/mol. The van der Waals surface area contributed by atoms with E-state index < -0.39 is 0 Å². The first-order chi connectivity index (χ1) is 12.3. The first-order valence-corrected chi connectivity index (χ1v) is 8.88. The molecule has 0 amide bonds. The first-order valence-electron chi connectivity index (χ1n) is 7.63. The Morgan fingerprint density at radius 1 is 1.08 bits per heavy atom. The van der Waals surface area contributed by atoms with Crippen molar-refractivity contribution in [3.05, 3.63) is 70.8 Å². The normalized spacial score (nSPS) is 10.8. The van der Waals surface area contributed by atoms with Crippen molar-refractivity contribution in [1.82, 2.24) is 10.1 Å². The highest BCUT2D eigenvalue weighted by Crippen LogP contribution is 2.32. The average Bonchev–Trinajstić information content (AvgIpc) is 3.14. The number of pyridine rings is 1. The van der Waals surface area contributed by atoms with Crippen LogP contribution in [0.15, 0.2) is 60.2 Å². The van der Waals surface area contributed by atoms with Gasteiger partial charge in [0.1, 0.15) is 6.61 Å². The number of hydrogen-bond acceptors (Lipinski definition) is 5. The van der Waals surface area contributed by atoms with E-state index >= 15 is 0 Å². The van der Waals surface area contributed by atoms with E-state index in [-0.39, 0.29) is 0 Å². The van der Waals surface area contributed by atoms with Gasteiger partial charge >= 0.3 is 5.88 Å². The van der Waals surface area contributed by atoms with Gasteiger partial charge < -0.3 is 10.1 Å². The number of H-pyrrole nitrogens is 1. The molecular weight excluding hydrogens is 356 g/mol. The van der Waals surface area contributed by atoms with Gasteiger partial charge in [-0.3, -0.25) is 4.98 Å². The van der Waals surface area contributed by atoms with Gasteiger partial charge in [-0.1, -0.05) is 16.7 Å². The number of thiophene rings is 1. The van der Waals surface area contributed by atoms with Crippen LogP contribution >= 0.6 is 22.9 Å². The van der Waals surface area contributed by atoms with Gasteiger partial charge in [0.15, 0.2) is 4.70 Å². The van der Waals surface area contributed by atoms with Crippen LogP contribution in [0.3, 0.4) is 0 Å². The Balaban J connectivity index is 1.59. The lowest BCUT2D eigenvalue weighted by Crippen LogP contribution is -2.15. The van der Waals surface area contributed by atoms with E-state index in [1.807, 2.05) is 47.8 Å². The minimum atomic E-state index is 0.456. The van der Waals surface area contributed by atoms with Crippen LogP contribution in [0.2, 0.25) is 5.02 Å². The predicted octanol–water partition coefficient (Wildman–Crippen LogP) is 4.48. The quantitative estimate of drug-likeness (QED) is 0.563. The molecule has 0 radical (unpaired) electrons. The molecule has 0 atom stereocenters. The Kier molecular flexibility index (Phi) is 4.45. The fourth-order valence-corrected chi connectivity index (χ4v) is 3.36. The van der Waals surface area contributed by atoms with E-state index in [0.29, 0.717) is 17.5 Å². The highest BCUT2D eigenvalue weighted by Gasteiger charge is 2.17. The minimum Gasteiger partial charge on any atom is -0.437 e. The Morgan fingerprint density at radius 2 is 1.88 bits per heavy atom. The highest BCUT2D eigenvalue weighted by molar-refractivity contribution is 7.17. The molecule has 0 saturated carbocycles. The molecule has 0 aliphatic heterocycles. The van der Waals surface area contributed by atoms with Crippen LogP contribution in [0, 0.1) is 0 Å². The molecule has 2 N–H and O–H groups in total. The number of nitrogens with zero attached hydrogens (tertiary/aromatic N) is 2. The molecule has 25 heavy (non-hydrogen) atoms. The van der Waals surface area contributed by atoms with Crippen molar-refractivity contribution in [2.24, 2.45) is 0 Å². The smallest absolute Gasteiger partial charge is 0.410 e. The molecule has 4 aromatic rings. The highest BCUT2D eigenvalue weighted by atomic mass is 35.5. The van der Waals surface area contributed by atoms with Crippen LogP contribution < -0.4 is 15.2 Å². The number of anilines is 2. The summed E-state index contributed by atoms with van der Waals surface area (Å²) in [6.45, 7) is 0.456. The molecule has 3 heterocycles. The summed E-state index contributed by atoms with van der Waals surface area (Å²) in [6.07, 6.45) is 3.50. The Bertz CT molecular complexity index is 989. The van der Waals surface area contributed by atoms with Crippen LogP contribution in [-0.4, -0.2) is 10.1 Å². The number of nitrogens with one attached hydrogen (secondary N) is 2. The van der Waals surface area contributed by atoms with E-state index in [1.165, 1.54) is 0 Å². The standard InChI is InChI=1S/C18H13ClN4OS/c19-13-1-3-14(4-2-13)21-17-15-7-10-25-16(15)18(23-22-17)24-11-12-5-8-20-9-6-12/h1-10H,11H2,(H,21,22)/p+1. The molecular formula is C18H14ClN4OS+. The fraction of sp³-hybridized carbons (Fsp3) is 0.0556. The number of aromatic nitrogens is 3. The number of fused-ring (bicyclic) bond motifs is 1. The molecule has 0 bridgehead atoms. The summed E-state index contributed by atoms with van der Waals surface area (Å²) in [4.78, 5) is 4.01. The van der Waals surface area contributed by atoms with Crippen molar-refractivity contribution in [3.8, 4) is 5.88 Å². The summed E-state index contributed by atoms with van der Waals surface area (Å²) >= 11 is 7.54. The minimum absolute atomic E-state index is 0.456. The number of aromatic amines is 1. The van der Waals surface area contributed by atoms with Crippen molar-refractivity contribution in [1.29, 1.82) is 0 Å². The maximum atomic E-state index is 5.93. The summed E-state index contributed by atoms with van der Waals surface area (Å²) in [5.74, 6) is 1.40. The van der Waals surface area contributed by atoms with Gasteiger partial charge in [-0.15, -0.1) is 11.3 Å². The van der Waals surface area contributed by atoms with E-state index in [9.17, 15) is 0 Å². The van der Waals surface area contributed by atoms with E-state index in [0.717, 1.165) is 27.2 Å². The van der Waals surface area contributed by atoms with Crippen LogP contribution in [-0.2, 0) is 6.61 Å². The van der Waals surface area contributed by atoms with Gasteiger partial charge in [-0.2, -0.15) is 0 Å². The van der Waals surface area contributed by atoms with Crippen LogP contribution in [0.25, 0.3) is 10.1 Å². The van der Waals surface area contributed by atoms with E-state index in [4.69, 9.17) is 16.3 Å². The molecule has 0 unspecified atom stereocenters. The third-order valence-corrected chi connectivity index (χ3v) is 4.80. The molecule has 5 nitrogen and oxygen atoms in total. The second-order valence-electron chi connectivity index (χ2n) is 5.34. The predicted molar refractivity (Wildman–Crippen MR) is 99.5 cm³/mol. The SMILES string of the molecule is Clc1ccc(Nc2n[nH+]c(OCc3ccncc3)c3sccc23)cc1. The maximum absolute atomic E-state index is 5.93. The lowest BCUT2D eigenvalue weighted by atomic mass is 10.3. The van der Waals surface area contributed by atoms with Crippen LogP contribution in [0.5, 0.6) is 5.88 Å². The number of halogens is 1. The summed E-state index contributed by atoms with van der Waals surface area (Å²) < 4.78 is 6.92. The zero-order valence-electron chi connectivity index (χ0n) is 13.1. The molecule has 0 spiro atoms. The van der Waals surface area contributed by atoms with Gasteiger partial charge in [0.25, 0.3) is 0 Å². The zero-order valence-corrected chi connectivity index (χ0v) is 14.6. The van der Waals surface area contributed by atoms with Crippen LogP contribution in [0.4, 0.5) is 11.5 Å². The summed E-state index contributed by atoms with van der Waals surface area (Å²) in [7, 11) is 0. The lowest BCUT2D eigenvalue weighted by molar-refractivity contribution is -0.464. The third-order valence-electron chi connectivity index (χ3n) is 3.64. The molecule has 4 rings (SSSR count). The second kappa shape index (κ2) is 7.04. The molecule has 7 heteroatoms. The first kappa shape index (κ1) is 15.8. The molecule has 0 fully saturated rings. The molecule has 3 aromatic heterocycles. The van der Waals surface area contributed by atoms with E-state index in [2.05, 4.69) is 20.5 Å². The van der Waals surface area contributed by atoms with Gasteiger partial charge in [0, 0.05) is 28.2 Å². The monoisotopic (exact) mass is 369 g/mol. The number of ether oxygens (including phenoxy) is 1. The molecule has 1 aromatic carbocycles. The summed E-state index contributed by atoms with van der Waals surface area (Å²) in [5, 5.41) is 14.4. The van der Waals surface area contributed by atoms with Gasteiger partial charge in [0.2, 0.25) is 5.82 Å². The molecule has 0 saturated heterocycles. The number of benzene rings is 1. The van der Waals surface area contributed by atoms with E-state index in [1.54, 1.807) is 23.7 Å².